The Morgan fingerprint density at radius 2 is 1.79 bits per heavy atom. The van der Waals surface area contributed by atoms with Crippen molar-refractivity contribution in [2.24, 2.45) is 0 Å². The van der Waals surface area contributed by atoms with E-state index in [-0.39, 0.29) is 5.04 Å². The molecule has 0 N–H and O–H groups in total. The van der Waals surface area contributed by atoms with Gasteiger partial charge in [-0.1, -0.05) is 32.4 Å². The number of hydrogen-bond donors (Lipinski definition) is 0. The molecule has 106 valence electrons. The van der Waals surface area contributed by atoms with Crippen LogP contribution in [0.3, 0.4) is 0 Å². The quantitative estimate of drug-likeness (QED) is 0.604. The van der Waals surface area contributed by atoms with Crippen LogP contribution in [-0.4, -0.2) is 21.7 Å². The van der Waals surface area contributed by atoms with E-state index in [2.05, 4.69) is 33.9 Å². The van der Waals surface area contributed by atoms with Gasteiger partial charge in [-0.05, 0) is 24.2 Å². The lowest BCUT2D eigenvalue weighted by atomic mass is 10.2. The van der Waals surface area contributed by atoms with E-state index in [1.54, 1.807) is 19.2 Å². The van der Waals surface area contributed by atoms with E-state index in [1.165, 1.54) is 0 Å². The third-order valence-electron chi connectivity index (χ3n) is 3.58. The first-order chi connectivity index (χ1) is 8.62. The summed E-state index contributed by atoms with van der Waals surface area (Å²) in [6, 6.07) is 3.27. The van der Waals surface area contributed by atoms with Crippen LogP contribution in [-0.2, 0) is 0 Å². The molecule has 0 amide bonds. The molecule has 5 heteroatoms. The summed E-state index contributed by atoms with van der Waals surface area (Å²) in [4.78, 5) is 10.9. The summed E-state index contributed by atoms with van der Waals surface area (Å²) in [6.45, 7) is 10.8. The maximum Gasteiger partial charge on any atom is 0.250 e. The summed E-state index contributed by atoms with van der Waals surface area (Å²) in [5.74, 6) is 1.14. The Kier molecular flexibility index (Phi) is 4.69. The van der Waals surface area contributed by atoms with Crippen molar-refractivity contribution in [3.05, 3.63) is 22.7 Å². The van der Waals surface area contributed by atoms with Gasteiger partial charge < -0.3 is 9.16 Å². The highest BCUT2D eigenvalue weighted by Gasteiger charge is 2.39. The fourth-order valence-corrected chi connectivity index (χ4v) is 2.52. The minimum Gasteiger partial charge on any atom is -0.541 e. The molecule has 0 saturated heterocycles. The molecule has 0 bridgehead atoms. The largest absolute Gasteiger partial charge is 0.541 e. The molecule has 0 fully saturated rings. The topological polar surface area (TPSA) is 35.5 Å². The minimum absolute atomic E-state index is 0.0772. The molecule has 0 atom stereocenters. The predicted octanol–water partition coefficient (Wildman–Crippen LogP) is 4.55. The summed E-state index contributed by atoms with van der Waals surface area (Å²) >= 11 is 6.05. The van der Waals surface area contributed by atoms with Crippen molar-refractivity contribution >= 4 is 26.2 Å². The van der Waals surface area contributed by atoms with Gasteiger partial charge in [-0.15, -0.1) is 0 Å². The molecule has 0 unspecified atom stereocenters. The van der Waals surface area contributed by atoms with E-state index in [9.17, 15) is 4.79 Å². The van der Waals surface area contributed by atoms with Crippen molar-refractivity contribution in [1.82, 2.24) is 0 Å². The lowest BCUT2D eigenvalue weighted by Gasteiger charge is -2.36. The van der Waals surface area contributed by atoms with Gasteiger partial charge in [0, 0.05) is 11.6 Å². The molecule has 0 aromatic heterocycles. The second kappa shape index (κ2) is 5.55. The van der Waals surface area contributed by atoms with Crippen LogP contribution in [0, 0.1) is 0 Å². The summed E-state index contributed by atoms with van der Waals surface area (Å²) < 4.78 is 11.5. The number of aldehydes is 1. The van der Waals surface area contributed by atoms with Crippen molar-refractivity contribution in [2.45, 2.75) is 38.9 Å². The van der Waals surface area contributed by atoms with Crippen LogP contribution in [0.4, 0.5) is 0 Å². The van der Waals surface area contributed by atoms with Gasteiger partial charge in [-0.25, -0.2) is 0 Å². The smallest absolute Gasteiger partial charge is 0.250 e. The molecule has 0 aliphatic carbocycles. The fraction of sp³-hybridized carbons (Fsp3) is 0.500. The summed E-state index contributed by atoms with van der Waals surface area (Å²) in [5.41, 5.74) is 0.404. The molecule has 0 heterocycles. The normalized spacial score (nSPS) is 12.2. The maximum absolute atomic E-state index is 10.9. The Balaban J connectivity index is 3.21. The Hall–Kier alpha value is -1.00. The highest BCUT2D eigenvalue weighted by Crippen LogP contribution is 2.41. The summed E-state index contributed by atoms with van der Waals surface area (Å²) in [7, 11) is -0.419. The number of hydrogen-bond acceptors (Lipinski definition) is 3. The van der Waals surface area contributed by atoms with Crippen molar-refractivity contribution < 1.29 is 14.0 Å². The van der Waals surface area contributed by atoms with Gasteiger partial charge in [0.15, 0.2) is 12.0 Å². The zero-order valence-electron chi connectivity index (χ0n) is 12.3. The van der Waals surface area contributed by atoms with Gasteiger partial charge in [0.05, 0.1) is 12.1 Å². The average molecular weight is 301 g/mol. The first kappa shape index (κ1) is 16.1. The zero-order valence-corrected chi connectivity index (χ0v) is 14.1. The van der Waals surface area contributed by atoms with Crippen molar-refractivity contribution in [1.29, 1.82) is 0 Å². The molecule has 1 rings (SSSR count). The highest BCUT2D eigenvalue weighted by atomic mass is 35.5. The fourth-order valence-electron chi connectivity index (χ4n) is 1.31. The van der Waals surface area contributed by atoms with Gasteiger partial charge in [-0.2, -0.15) is 0 Å². The predicted molar refractivity (Wildman–Crippen MR) is 81.2 cm³/mol. The number of methoxy groups -OCH3 is 1. The van der Waals surface area contributed by atoms with Gasteiger partial charge in [0.25, 0.3) is 8.32 Å². The van der Waals surface area contributed by atoms with Gasteiger partial charge in [0.2, 0.25) is 0 Å². The average Bonchev–Trinajstić information content (AvgIpc) is 2.27. The second-order valence-corrected chi connectivity index (χ2v) is 11.1. The monoisotopic (exact) mass is 300 g/mol. The van der Waals surface area contributed by atoms with Crippen LogP contribution in [0.25, 0.3) is 0 Å². The Labute approximate surface area is 121 Å². The lowest BCUT2D eigenvalue weighted by Crippen LogP contribution is -2.43. The van der Waals surface area contributed by atoms with Crippen molar-refractivity contribution in [2.75, 3.05) is 7.11 Å². The van der Waals surface area contributed by atoms with Crippen LogP contribution >= 0.6 is 11.6 Å². The molecule has 19 heavy (non-hydrogen) atoms. The first-order valence-corrected chi connectivity index (χ1v) is 9.42. The zero-order chi connectivity index (χ0) is 14.8. The third-order valence-corrected chi connectivity index (χ3v) is 8.25. The summed E-state index contributed by atoms with van der Waals surface area (Å²) in [6.07, 6.45) is 0.709. The van der Waals surface area contributed by atoms with Crippen LogP contribution in [0.2, 0.25) is 23.2 Å². The van der Waals surface area contributed by atoms with Gasteiger partial charge in [-0.3, -0.25) is 4.79 Å². The standard InChI is InChI=1S/C14H21ClO3Si/c1-14(2,3)19(5,6)18-13-8-11(15)10(9-16)7-12(13)17-4/h7-9H,1-6H3. The summed E-state index contributed by atoms with van der Waals surface area (Å²) in [5, 5.41) is 0.456. The Bertz CT molecular complexity index is 478. The second-order valence-electron chi connectivity index (χ2n) is 6.00. The van der Waals surface area contributed by atoms with Crippen LogP contribution in [0.1, 0.15) is 31.1 Å². The third kappa shape index (κ3) is 3.51. The van der Waals surface area contributed by atoms with E-state index in [1.807, 2.05) is 0 Å². The molecular weight excluding hydrogens is 280 g/mol. The Morgan fingerprint density at radius 1 is 1.21 bits per heavy atom. The minimum atomic E-state index is -1.97. The number of benzene rings is 1. The van der Waals surface area contributed by atoms with Gasteiger partial charge in [0.1, 0.15) is 5.75 Å². The molecule has 0 spiro atoms. The van der Waals surface area contributed by atoms with Crippen molar-refractivity contribution in [3.8, 4) is 11.5 Å². The number of ether oxygens (including phenoxy) is 1. The number of rotatable bonds is 4. The van der Waals surface area contributed by atoms with Crippen LogP contribution < -0.4 is 9.16 Å². The first-order valence-electron chi connectivity index (χ1n) is 6.14. The molecule has 0 aliphatic rings. The van der Waals surface area contributed by atoms with Crippen LogP contribution in [0.5, 0.6) is 11.5 Å². The van der Waals surface area contributed by atoms with E-state index in [0.717, 1.165) is 0 Å². The van der Waals surface area contributed by atoms with Crippen molar-refractivity contribution in [3.63, 3.8) is 0 Å². The van der Waals surface area contributed by atoms with Crippen LogP contribution in [0.15, 0.2) is 12.1 Å². The van der Waals surface area contributed by atoms with E-state index >= 15 is 0 Å². The molecule has 1 aromatic rings. The maximum atomic E-state index is 10.9. The number of halogens is 1. The van der Waals surface area contributed by atoms with E-state index < -0.39 is 8.32 Å². The molecule has 0 aliphatic heterocycles. The van der Waals surface area contributed by atoms with E-state index in [0.29, 0.717) is 28.4 Å². The number of carbonyl (C=O) groups is 1. The molecule has 0 saturated carbocycles. The molecule has 0 radical (unpaired) electrons. The number of carbonyl (C=O) groups excluding carboxylic acids is 1. The lowest BCUT2D eigenvalue weighted by molar-refractivity contribution is 0.112. The molecular formula is C14H21ClO3Si. The molecule has 1 aromatic carbocycles. The SMILES string of the molecule is COc1cc(C=O)c(Cl)cc1O[Si](C)(C)C(C)(C)C. The van der Waals surface area contributed by atoms with Gasteiger partial charge >= 0.3 is 0 Å². The highest BCUT2D eigenvalue weighted by molar-refractivity contribution is 6.74. The van der Waals surface area contributed by atoms with E-state index in [4.69, 9.17) is 20.8 Å². The molecule has 3 nitrogen and oxygen atoms in total. The Morgan fingerprint density at radius 3 is 2.21 bits per heavy atom.